The van der Waals surface area contributed by atoms with Crippen molar-refractivity contribution in [3.05, 3.63) is 0 Å². The van der Waals surface area contributed by atoms with Gasteiger partial charge in [-0.25, -0.2) is 0 Å². The monoisotopic (exact) mass is 259 g/mol. The van der Waals surface area contributed by atoms with Crippen molar-refractivity contribution in [3.8, 4) is 0 Å². The van der Waals surface area contributed by atoms with Crippen molar-refractivity contribution in [1.82, 2.24) is 5.32 Å². The molecule has 2 unspecified atom stereocenters. The van der Waals surface area contributed by atoms with Crippen LogP contribution >= 0.6 is 11.8 Å². The minimum Gasteiger partial charge on any atom is -0.381 e. The van der Waals surface area contributed by atoms with E-state index in [9.17, 15) is 0 Å². The van der Waals surface area contributed by atoms with Crippen molar-refractivity contribution in [2.75, 3.05) is 38.7 Å². The molecule has 2 heterocycles. The molecule has 0 saturated carbocycles. The van der Waals surface area contributed by atoms with Crippen LogP contribution in [-0.2, 0) is 9.47 Å². The predicted molar refractivity (Wildman–Crippen MR) is 72.7 cm³/mol. The summed E-state index contributed by atoms with van der Waals surface area (Å²) in [5, 5.41) is 4.44. The topological polar surface area (TPSA) is 30.5 Å². The fourth-order valence-corrected chi connectivity index (χ4v) is 3.97. The maximum atomic E-state index is 5.51. The van der Waals surface area contributed by atoms with E-state index in [1.54, 1.807) is 0 Å². The van der Waals surface area contributed by atoms with Gasteiger partial charge in [-0.15, -0.1) is 0 Å². The third-order valence-corrected chi connectivity index (χ3v) is 5.17. The molecule has 2 saturated heterocycles. The molecule has 3 nitrogen and oxygen atoms in total. The van der Waals surface area contributed by atoms with Gasteiger partial charge in [0.1, 0.15) is 0 Å². The number of nitrogens with one attached hydrogen (secondary N) is 1. The van der Waals surface area contributed by atoms with Crippen LogP contribution in [0, 0.1) is 5.92 Å². The van der Waals surface area contributed by atoms with E-state index in [0.717, 1.165) is 44.1 Å². The predicted octanol–water partition coefficient (Wildman–Crippen LogP) is 1.91. The van der Waals surface area contributed by atoms with Crippen molar-refractivity contribution in [1.29, 1.82) is 0 Å². The van der Waals surface area contributed by atoms with Gasteiger partial charge >= 0.3 is 0 Å². The zero-order valence-corrected chi connectivity index (χ0v) is 11.6. The minimum absolute atomic E-state index is 0.635. The molecular formula is C13H25NO2S. The van der Waals surface area contributed by atoms with E-state index in [2.05, 4.69) is 24.0 Å². The van der Waals surface area contributed by atoms with Gasteiger partial charge in [0.05, 0.1) is 6.61 Å². The lowest BCUT2D eigenvalue weighted by atomic mass is 10.0. The lowest BCUT2D eigenvalue weighted by Gasteiger charge is -2.27. The quantitative estimate of drug-likeness (QED) is 0.789. The molecule has 2 rings (SSSR count). The van der Waals surface area contributed by atoms with E-state index in [-0.39, 0.29) is 0 Å². The maximum absolute atomic E-state index is 5.51. The Hall–Kier alpha value is 0.230. The molecule has 2 fully saturated rings. The summed E-state index contributed by atoms with van der Waals surface area (Å²) in [6, 6.07) is 0.635. The first-order valence-corrected chi connectivity index (χ1v) is 7.95. The molecule has 0 aliphatic carbocycles. The van der Waals surface area contributed by atoms with E-state index in [0.29, 0.717) is 6.04 Å². The van der Waals surface area contributed by atoms with Crippen LogP contribution in [0.4, 0.5) is 0 Å². The maximum Gasteiger partial charge on any atom is 0.0510 e. The summed E-state index contributed by atoms with van der Waals surface area (Å²) >= 11 is 2.13. The molecule has 2 atom stereocenters. The van der Waals surface area contributed by atoms with E-state index < -0.39 is 0 Å². The van der Waals surface area contributed by atoms with Gasteiger partial charge in [0.15, 0.2) is 0 Å². The van der Waals surface area contributed by atoms with E-state index >= 15 is 0 Å². The molecule has 0 amide bonds. The lowest BCUT2D eigenvalue weighted by molar-refractivity contribution is 0.0999. The van der Waals surface area contributed by atoms with E-state index in [4.69, 9.17) is 9.47 Å². The van der Waals surface area contributed by atoms with Gasteiger partial charge in [-0.2, -0.15) is 11.8 Å². The molecule has 0 aromatic rings. The Labute approximate surface area is 109 Å². The van der Waals surface area contributed by atoms with Gasteiger partial charge in [0, 0.05) is 42.8 Å². The van der Waals surface area contributed by atoms with Gasteiger partial charge in [-0.05, 0) is 25.8 Å². The van der Waals surface area contributed by atoms with Gasteiger partial charge in [0.25, 0.3) is 0 Å². The summed E-state index contributed by atoms with van der Waals surface area (Å²) in [5.41, 5.74) is 0. The van der Waals surface area contributed by atoms with Crippen molar-refractivity contribution in [2.45, 2.75) is 37.5 Å². The highest BCUT2D eigenvalue weighted by Gasteiger charge is 2.26. The fraction of sp³-hybridized carbons (Fsp3) is 1.00. The summed E-state index contributed by atoms with van der Waals surface area (Å²) in [6.07, 6.45) is 3.68. The van der Waals surface area contributed by atoms with Crippen molar-refractivity contribution >= 4 is 11.8 Å². The summed E-state index contributed by atoms with van der Waals surface area (Å²) in [5.74, 6) is 1.95. The number of rotatable bonds is 6. The smallest absolute Gasteiger partial charge is 0.0510 e. The first kappa shape index (κ1) is 13.7. The van der Waals surface area contributed by atoms with Crippen LogP contribution in [0.1, 0.15) is 26.2 Å². The molecule has 0 bridgehead atoms. The molecule has 0 radical (unpaired) electrons. The molecule has 0 spiro atoms. The summed E-state index contributed by atoms with van der Waals surface area (Å²) in [4.78, 5) is 0. The summed E-state index contributed by atoms with van der Waals surface area (Å²) in [6.45, 7) is 7.07. The molecule has 0 aromatic carbocycles. The summed E-state index contributed by atoms with van der Waals surface area (Å²) in [7, 11) is 0. The Morgan fingerprint density at radius 2 is 1.94 bits per heavy atom. The molecule has 2 aliphatic rings. The highest BCUT2D eigenvalue weighted by Crippen LogP contribution is 2.26. The average Bonchev–Trinajstić information content (AvgIpc) is 2.89. The number of hydrogen-bond acceptors (Lipinski definition) is 4. The highest BCUT2D eigenvalue weighted by atomic mass is 32.2. The normalized spacial score (nSPS) is 28.4. The van der Waals surface area contributed by atoms with Crippen LogP contribution in [0.3, 0.4) is 0 Å². The SMILES string of the molecule is CCNC(CSC1CCOCC1)C1CCOC1. The van der Waals surface area contributed by atoms with Crippen molar-refractivity contribution in [3.63, 3.8) is 0 Å². The Morgan fingerprint density at radius 1 is 1.18 bits per heavy atom. The Kier molecular flexibility index (Phi) is 6.12. The molecule has 2 aliphatic heterocycles. The fourth-order valence-electron chi connectivity index (χ4n) is 2.58. The standard InChI is InChI=1S/C13H25NO2S/c1-2-14-13(11-3-6-16-9-11)10-17-12-4-7-15-8-5-12/h11-14H,2-10H2,1H3. The van der Waals surface area contributed by atoms with Crippen molar-refractivity contribution < 1.29 is 9.47 Å². The Morgan fingerprint density at radius 3 is 2.59 bits per heavy atom. The molecule has 4 heteroatoms. The number of ether oxygens (including phenoxy) is 2. The highest BCUT2D eigenvalue weighted by molar-refractivity contribution is 7.99. The second kappa shape index (κ2) is 7.62. The minimum atomic E-state index is 0.635. The first-order chi connectivity index (χ1) is 8.40. The molecule has 17 heavy (non-hydrogen) atoms. The van der Waals surface area contributed by atoms with E-state index in [1.807, 2.05) is 0 Å². The molecule has 100 valence electrons. The van der Waals surface area contributed by atoms with Crippen LogP contribution in [0.25, 0.3) is 0 Å². The number of hydrogen-bond donors (Lipinski definition) is 1. The molecule has 0 aromatic heterocycles. The zero-order chi connectivity index (χ0) is 11.9. The van der Waals surface area contributed by atoms with Crippen LogP contribution in [0.2, 0.25) is 0 Å². The second-order valence-electron chi connectivity index (χ2n) is 4.93. The van der Waals surface area contributed by atoms with Gasteiger partial charge in [-0.3, -0.25) is 0 Å². The van der Waals surface area contributed by atoms with Gasteiger partial charge < -0.3 is 14.8 Å². The third-order valence-electron chi connectivity index (χ3n) is 3.68. The molecular weight excluding hydrogens is 234 g/mol. The third kappa shape index (κ3) is 4.43. The number of thioether (sulfide) groups is 1. The van der Waals surface area contributed by atoms with E-state index in [1.165, 1.54) is 25.0 Å². The van der Waals surface area contributed by atoms with Crippen LogP contribution in [0.15, 0.2) is 0 Å². The second-order valence-corrected chi connectivity index (χ2v) is 6.27. The summed E-state index contributed by atoms with van der Waals surface area (Å²) < 4.78 is 10.9. The van der Waals surface area contributed by atoms with Crippen molar-refractivity contribution in [2.24, 2.45) is 5.92 Å². The van der Waals surface area contributed by atoms with Crippen LogP contribution in [0.5, 0.6) is 0 Å². The zero-order valence-electron chi connectivity index (χ0n) is 10.8. The Balaban J connectivity index is 1.72. The molecule has 1 N–H and O–H groups in total. The Bertz CT molecular complexity index is 204. The first-order valence-electron chi connectivity index (χ1n) is 6.90. The lowest BCUT2D eigenvalue weighted by Crippen LogP contribution is -2.39. The van der Waals surface area contributed by atoms with Gasteiger partial charge in [0.2, 0.25) is 0 Å². The van der Waals surface area contributed by atoms with Crippen LogP contribution < -0.4 is 5.32 Å². The largest absolute Gasteiger partial charge is 0.381 e. The average molecular weight is 259 g/mol. The van der Waals surface area contributed by atoms with Crippen LogP contribution in [-0.4, -0.2) is 50.0 Å². The van der Waals surface area contributed by atoms with Gasteiger partial charge in [-0.1, -0.05) is 6.92 Å².